The van der Waals surface area contributed by atoms with Crippen LogP contribution in [-0.4, -0.2) is 23.0 Å². The zero-order chi connectivity index (χ0) is 21.5. The molecule has 1 atom stereocenters. The fraction of sp³-hybridized carbons (Fsp3) is 0.261. The Morgan fingerprint density at radius 3 is 2.40 bits per heavy atom. The Hall–Kier alpha value is -3.19. The first-order chi connectivity index (χ1) is 14.4. The minimum absolute atomic E-state index is 0.177. The van der Waals surface area contributed by atoms with Gasteiger partial charge < -0.3 is 15.4 Å². The number of esters is 1. The number of rotatable bonds is 8. The highest BCUT2D eigenvalue weighted by Gasteiger charge is 2.21. The Labute approximate surface area is 180 Å². The quantitative estimate of drug-likeness (QED) is 0.495. The van der Waals surface area contributed by atoms with Gasteiger partial charge in [-0.25, -0.2) is 9.78 Å². The molecule has 7 heteroatoms. The minimum Gasteiger partial charge on any atom is -0.448 e. The molecule has 0 aliphatic rings. The summed E-state index contributed by atoms with van der Waals surface area (Å²) in [5, 5.41) is 8.17. The van der Waals surface area contributed by atoms with Crippen molar-refractivity contribution < 1.29 is 14.3 Å². The number of benzene rings is 2. The molecule has 30 heavy (non-hydrogen) atoms. The van der Waals surface area contributed by atoms with E-state index in [9.17, 15) is 9.59 Å². The zero-order valence-corrected chi connectivity index (χ0v) is 18.0. The molecule has 0 bridgehead atoms. The lowest BCUT2D eigenvalue weighted by Crippen LogP contribution is -2.30. The topological polar surface area (TPSA) is 80.3 Å². The average Bonchev–Trinajstić information content (AvgIpc) is 3.22. The van der Waals surface area contributed by atoms with E-state index in [2.05, 4.69) is 29.5 Å². The van der Waals surface area contributed by atoms with Gasteiger partial charge in [-0.1, -0.05) is 56.3 Å². The molecule has 2 aromatic carbocycles. The molecule has 0 aliphatic carbocycles. The number of carbonyl (C=O) groups excluding carboxylic acids is 2. The summed E-state index contributed by atoms with van der Waals surface area (Å²) in [5.74, 6) is -0.602. The molecule has 0 saturated heterocycles. The van der Waals surface area contributed by atoms with Crippen molar-refractivity contribution >= 4 is 34.0 Å². The number of carbonyl (C=O) groups is 2. The fourth-order valence-electron chi connectivity index (χ4n) is 2.69. The van der Waals surface area contributed by atoms with Gasteiger partial charge in [0, 0.05) is 17.6 Å². The van der Waals surface area contributed by atoms with Crippen molar-refractivity contribution in [3.05, 3.63) is 76.8 Å². The van der Waals surface area contributed by atoms with E-state index in [0.717, 1.165) is 5.56 Å². The molecule has 0 aliphatic heterocycles. The molecule has 3 aromatic rings. The summed E-state index contributed by atoms with van der Waals surface area (Å²) in [5.41, 5.74) is 3.14. The molecule has 6 nitrogen and oxygen atoms in total. The van der Waals surface area contributed by atoms with Gasteiger partial charge in [-0.05, 0) is 36.1 Å². The number of hydrogen-bond donors (Lipinski definition) is 2. The lowest BCUT2D eigenvalue weighted by Gasteiger charge is -2.13. The first kappa shape index (κ1) is 21.5. The lowest BCUT2D eigenvalue weighted by atomic mass is 10.0. The number of nitrogens with zero attached hydrogens (tertiary/aromatic N) is 1. The summed E-state index contributed by atoms with van der Waals surface area (Å²) in [7, 11) is 0. The number of thiazole rings is 1. The number of anilines is 2. The van der Waals surface area contributed by atoms with Crippen molar-refractivity contribution in [1.82, 2.24) is 4.98 Å². The van der Waals surface area contributed by atoms with E-state index in [4.69, 9.17) is 4.74 Å². The predicted octanol–water partition coefficient (Wildman–Crippen LogP) is 5.06. The highest BCUT2D eigenvalue weighted by atomic mass is 32.1. The molecule has 156 valence electrons. The van der Waals surface area contributed by atoms with Crippen LogP contribution < -0.4 is 10.6 Å². The SMILES string of the molecule is CC(OC(=O)c1csc(NCc2ccccc2)n1)C(=O)Nc1ccc(C(C)C)cc1. The second-order valence-electron chi connectivity index (χ2n) is 7.19. The molecule has 0 radical (unpaired) electrons. The molecule has 0 spiro atoms. The zero-order valence-electron chi connectivity index (χ0n) is 17.2. The molecule has 3 rings (SSSR count). The second kappa shape index (κ2) is 10.0. The maximum absolute atomic E-state index is 12.3. The third kappa shape index (κ3) is 5.90. The molecule has 0 saturated carbocycles. The van der Waals surface area contributed by atoms with E-state index in [1.165, 1.54) is 23.8 Å². The van der Waals surface area contributed by atoms with E-state index in [0.29, 0.717) is 23.3 Å². The third-order valence-electron chi connectivity index (χ3n) is 4.50. The predicted molar refractivity (Wildman–Crippen MR) is 120 cm³/mol. The molecular formula is C23H25N3O3S. The van der Waals surface area contributed by atoms with Crippen molar-refractivity contribution in [2.24, 2.45) is 0 Å². The summed E-state index contributed by atoms with van der Waals surface area (Å²) < 4.78 is 5.27. The van der Waals surface area contributed by atoms with Crippen molar-refractivity contribution in [2.75, 3.05) is 10.6 Å². The van der Waals surface area contributed by atoms with Crippen LogP contribution in [0, 0.1) is 0 Å². The van der Waals surface area contributed by atoms with Crippen LogP contribution in [0.15, 0.2) is 60.0 Å². The van der Waals surface area contributed by atoms with Crippen molar-refractivity contribution in [3.63, 3.8) is 0 Å². The summed E-state index contributed by atoms with van der Waals surface area (Å²) in [6, 6.07) is 17.5. The van der Waals surface area contributed by atoms with Crippen molar-refractivity contribution in [2.45, 2.75) is 39.3 Å². The Bertz CT molecular complexity index is 984. The maximum atomic E-state index is 12.3. The number of nitrogens with one attached hydrogen (secondary N) is 2. The van der Waals surface area contributed by atoms with Gasteiger partial charge >= 0.3 is 5.97 Å². The Morgan fingerprint density at radius 1 is 1.03 bits per heavy atom. The molecule has 0 fully saturated rings. The van der Waals surface area contributed by atoms with Crippen LogP contribution in [0.3, 0.4) is 0 Å². The van der Waals surface area contributed by atoms with E-state index in [1.807, 2.05) is 54.6 Å². The number of aromatic nitrogens is 1. The number of amides is 1. The van der Waals surface area contributed by atoms with Crippen LogP contribution in [0.1, 0.15) is 48.3 Å². The van der Waals surface area contributed by atoms with Gasteiger partial charge in [0.1, 0.15) is 0 Å². The van der Waals surface area contributed by atoms with Crippen LogP contribution in [0.4, 0.5) is 10.8 Å². The third-order valence-corrected chi connectivity index (χ3v) is 5.30. The highest BCUT2D eigenvalue weighted by molar-refractivity contribution is 7.13. The fourth-order valence-corrected chi connectivity index (χ4v) is 3.37. The summed E-state index contributed by atoms with van der Waals surface area (Å²) in [6.45, 7) is 6.36. The normalized spacial score (nSPS) is 11.7. The van der Waals surface area contributed by atoms with E-state index >= 15 is 0 Å². The summed E-state index contributed by atoms with van der Waals surface area (Å²) >= 11 is 1.32. The van der Waals surface area contributed by atoms with Crippen LogP contribution in [0.2, 0.25) is 0 Å². The van der Waals surface area contributed by atoms with Gasteiger partial charge in [-0.15, -0.1) is 11.3 Å². The molecule has 1 aromatic heterocycles. The first-order valence-electron chi connectivity index (χ1n) is 9.77. The van der Waals surface area contributed by atoms with Crippen LogP contribution in [-0.2, 0) is 16.1 Å². The first-order valence-corrected chi connectivity index (χ1v) is 10.7. The standard InChI is InChI=1S/C23H25N3O3S/c1-15(2)18-9-11-19(12-10-18)25-21(27)16(3)29-22(28)20-14-30-23(26-20)24-13-17-7-5-4-6-8-17/h4-12,14-16H,13H2,1-3H3,(H,24,26)(H,25,27). The average molecular weight is 424 g/mol. The molecule has 2 N–H and O–H groups in total. The van der Waals surface area contributed by atoms with E-state index < -0.39 is 18.0 Å². The Balaban J connectivity index is 1.51. The summed E-state index contributed by atoms with van der Waals surface area (Å²) in [4.78, 5) is 28.9. The molecular weight excluding hydrogens is 398 g/mol. The monoisotopic (exact) mass is 423 g/mol. The number of hydrogen-bond acceptors (Lipinski definition) is 6. The maximum Gasteiger partial charge on any atom is 0.358 e. The highest BCUT2D eigenvalue weighted by Crippen LogP contribution is 2.19. The van der Waals surface area contributed by atoms with E-state index in [1.54, 1.807) is 5.38 Å². The lowest BCUT2D eigenvalue weighted by molar-refractivity contribution is -0.123. The smallest absolute Gasteiger partial charge is 0.358 e. The van der Waals surface area contributed by atoms with Gasteiger partial charge in [0.25, 0.3) is 5.91 Å². The number of ether oxygens (including phenoxy) is 1. The van der Waals surface area contributed by atoms with Crippen molar-refractivity contribution in [1.29, 1.82) is 0 Å². The molecule has 1 amide bonds. The molecule has 1 unspecified atom stereocenters. The Morgan fingerprint density at radius 2 is 1.73 bits per heavy atom. The van der Waals surface area contributed by atoms with Gasteiger partial charge in [0.15, 0.2) is 16.9 Å². The summed E-state index contributed by atoms with van der Waals surface area (Å²) in [6.07, 6.45) is -0.940. The minimum atomic E-state index is -0.940. The van der Waals surface area contributed by atoms with Gasteiger partial charge in [0.05, 0.1) is 0 Å². The van der Waals surface area contributed by atoms with Crippen LogP contribution in [0.25, 0.3) is 0 Å². The van der Waals surface area contributed by atoms with Crippen LogP contribution in [0.5, 0.6) is 0 Å². The Kier molecular flexibility index (Phi) is 7.19. The van der Waals surface area contributed by atoms with Crippen molar-refractivity contribution in [3.8, 4) is 0 Å². The van der Waals surface area contributed by atoms with Gasteiger partial charge in [0.2, 0.25) is 0 Å². The largest absolute Gasteiger partial charge is 0.448 e. The van der Waals surface area contributed by atoms with Gasteiger partial charge in [-0.3, -0.25) is 4.79 Å². The van der Waals surface area contributed by atoms with E-state index in [-0.39, 0.29) is 5.69 Å². The molecule has 1 heterocycles. The second-order valence-corrected chi connectivity index (χ2v) is 8.05. The van der Waals surface area contributed by atoms with Crippen LogP contribution >= 0.6 is 11.3 Å². The van der Waals surface area contributed by atoms with Gasteiger partial charge in [-0.2, -0.15) is 0 Å².